The Bertz CT molecular complexity index is 1030. The highest BCUT2D eigenvalue weighted by atomic mass is 35.5. The molecule has 1 heterocycles. The topological polar surface area (TPSA) is 46.9 Å². The van der Waals surface area contributed by atoms with Crippen LogP contribution in [0.2, 0.25) is 5.02 Å². The standard InChI is InChI=1S/C21H18ClF2N3O/c22-14-6-4-13(5-7-14)10-11-25-21(28)20-16-2-1-3-19(16)27(26-20)15-8-9-17(23)18(24)12-15/h4-9,12H,1-3,10-11H2,(H,25,28). The van der Waals surface area contributed by atoms with Crippen LogP contribution in [-0.4, -0.2) is 22.2 Å². The second-order valence-corrected chi connectivity index (χ2v) is 7.21. The van der Waals surface area contributed by atoms with E-state index in [1.165, 1.54) is 6.07 Å². The van der Waals surface area contributed by atoms with Gasteiger partial charge in [0.05, 0.1) is 5.69 Å². The summed E-state index contributed by atoms with van der Waals surface area (Å²) in [6, 6.07) is 11.1. The van der Waals surface area contributed by atoms with Gasteiger partial charge in [-0.2, -0.15) is 5.10 Å². The first-order chi connectivity index (χ1) is 13.5. The highest BCUT2D eigenvalue weighted by Gasteiger charge is 2.27. The molecular formula is C21H18ClF2N3O. The van der Waals surface area contributed by atoms with Gasteiger partial charge in [0.2, 0.25) is 0 Å². The van der Waals surface area contributed by atoms with Gasteiger partial charge in [-0.1, -0.05) is 23.7 Å². The van der Waals surface area contributed by atoms with Gasteiger partial charge in [0.25, 0.3) is 5.91 Å². The van der Waals surface area contributed by atoms with Gasteiger partial charge in [-0.05, 0) is 55.5 Å². The lowest BCUT2D eigenvalue weighted by molar-refractivity contribution is 0.0948. The van der Waals surface area contributed by atoms with Crippen LogP contribution in [0.25, 0.3) is 5.69 Å². The van der Waals surface area contributed by atoms with Crippen molar-refractivity contribution in [2.45, 2.75) is 25.7 Å². The molecule has 28 heavy (non-hydrogen) atoms. The van der Waals surface area contributed by atoms with E-state index in [0.717, 1.165) is 48.2 Å². The Morgan fingerprint density at radius 2 is 1.89 bits per heavy atom. The maximum atomic E-state index is 13.6. The number of fused-ring (bicyclic) bond motifs is 1. The van der Waals surface area contributed by atoms with E-state index in [9.17, 15) is 13.6 Å². The Morgan fingerprint density at radius 1 is 1.11 bits per heavy atom. The van der Waals surface area contributed by atoms with Gasteiger partial charge in [0.15, 0.2) is 17.3 Å². The van der Waals surface area contributed by atoms with Crippen molar-refractivity contribution in [3.8, 4) is 5.69 Å². The summed E-state index contributed by atoms with van der Waals surface area (Å²) in [5.74, 6) is -2.10. The van der Waals surface area contributed by atoms with Gasteiger partial charge in [0, 0.05) is 28.9 Å². The summed E-state index contributed by atoms with van der Waals surface area (Å²) in [6.07, 6.45) is 3.08. The molecule has 1 aromatic heterocycles. The molecule has 3 aromatic rings. The first-order valence-corrected chi connectivity index (χ1v) is 9.49. The van der Waals surface area contributed by atoms with Crippen LogP contribution >= 0.6 is 11.6 Å². The smallest absolute Gasteiger partial charge is 0.272 e. The summed E-state index contributed by atoms with van der Waals surface area (Å²) in [5.41, 5.74) is 3.61. The van der Waals surface area contributed by atoms with E-state index in [1.54, 1.807) is 4.68 Å². The Balaban J connectivity index is 1.52. The van der Waals surface area contributed by atoms with E-state index in [1.807, 2.05) is 24.3 Å². The van der Waals surface area contributed by atoms with Gasteiger partial charge in [0.1, 0.15) is 0 Å². The van der Waals surface area contributed by atoms with Crippen molar-refractivity contribution in [1.82, 2.24) is 15.1 Å². The van der Waals surface area contributed by atoms with E-state index in [0.29, 0.717) is 29.4 Å². The van der Waals surface area contributed by atoms with Gasteiger partial charge in [-0.3, -0.25) is 4.79 Å². The van der Waals surface area contributed by atoms with Gasteiger partial charge in [-0.15, -0.1) is 0 Å². The highest BCUT2D eigenvalue weighted by molar-refractivity contribution is 6.30. The molecule has 0 radical (unpaired) electrons. The van der Waals surface area contributed by atoms with Crippen molar-refractivity contribution in [2.75, 3.05) is 6.54 Å². The van der Waals surface area contributed by atoms with Crippen LogP contribution in [0, 0.1) is 11.6 Å². The van der Waals surface area contributed by atoms with Crippen LogP contribution in [0.5, 0.6) is 0 Å². The number of amides is 1. The molecule has 0 aliphatic heterocycles. The minimum absolute atomic E-state index is 0.256. The first-order valence-electron chi connectivity index (χ1n) is 9.12. The molecule has 1 aliphatic carbocycles. The number of hydrogen-bond acceptors (Lipinski definition) is 2. The molecule has 0 spiro atoms. The van der Waals surface area contributed by atoms with E-state index < -0.39 is 11.6 Å². The minimum Gasteiger partial charge on any atom is -0.350 e. The maximum Gasteiger partial charge on any atom is 0.272 e. The fourth-order valence-electron chi connectivity index (χ4n) is 3.51. The maximum absolute atomic E-state index is 13.6. The Morgan fingerprint density at radius 3 is 2.64 bits per heavy atom. The fourth-order valence-corrected chi connectivity index (χ4v) is 3.63. The van der Waals surface area contributed by atoms with E-state index >= 15 is 0 Å². The van der Waals surface area contributed by atoms with Crippen molar-refractivity contribution in [1.29, 1.82) is 0 Å². The Hall–Kier alpha value is -2.73. The predicted octanol–water partition coefficient (Wildman–Crippen LogP) is 4.27. The summed E-state index contributed by atoms with van der Waals surface area (Å²) >= 11 is 5.88. The van der Waals surface area contributed by atoms with Crippen molar-refractivity contribution in [2.24, 2.45) is 0 Å². The summed E-state index contributed by atoms with van der Waals surface area (Å²) in [4.78, 5) is 12.7. The summed E-state index contributed by atoms with van der Waals surface area (Å²) in [5, 5.41) is 7.98. The molecule has 1 amide bonds. The van der Waals surface area contributed by atoms with Crippen molar-refractivity contribution >= 4 is 17.5 Å². The monoisotopic (exact) mass is 401 g/mol. The lowest BCUT2D eigenvalue weighted by atomic mass is 10.1. The molecular weight excluding hydrogens is 384 g/mol. The number of aromatic nitrogens is 2. The molecule has 0 saturated heterocycles. The van der Waals surface area contributed by atoms with E-state index in [2.05, 4.69) is 10.4 Å². The molecule has 1 aliphatic rings. The molecule has 0 saturated carbocycles. The lowest BCUT2D eigenvalue weighted by Crippen LogP contribution is -2.27. The second-order valence-electron chi connectivity index (χ2n) is 6.77. The van der Waals surface area contributed by atoms with Gasteiger partial charge in [-0.25, -0.2) is 13.5 Å². The number of rotatable bonds is 5. The molecule has 7 heteroatoms. The van der Waals surface area contributed by atoms with Crippen molar-refractivity contribution in [3.05, 3.63) is 81.6 Å². The third-order valence-corrected chi connectivity index (χ3v) is 5.16. The predicted molar refractivity (Wildman–Crippen MR) is 103 cm³/mol. The lowest BCUT2D eigenvalue weighted by Gasteiger charge is -2.06. The summed E-state index contributed by atoms with van der Waals surface area (Å²) in [7, 11) is 0. The number of halogens is 3. The SMILES string of the molecule is O=C(NCCc1ccc(Cl)cc1)c1nn(-c2ccc(F)c(F)c2)c2c1CCC2. The van der Waals surface area contributed by atoms with Crippen molar-refractivity contribution < 1.29 is 13.6 Å². The fraction of sp³-hybridized carbons (Fsp3) is 0.238. The molecule has 0 atom stereocenters. The zero-order valence-electron chi connectivity index (χ0n) is 15.0. The van der Waals surface area contributed by atoms with Crippen LogP contribution in [-0.2, 0) is 19.3 Å². The van der Waals surface area contributed by atoms with Crippen LogP contribution in [0.3, 0.4) is 0 Å². The number of hydrogen-bond donors (Lipinski definition) is 1. The molecule has 1 N–H and O–H groups in total. The normalized spacial score (nSPS) is 12.8. The number of carbonyl (C=O) groups is 1. The van der Waals surface area contributed by atoms with Gasteiger partial charge >= 0.3 is 0 Å². The Labute approximate surface area is 166 Å². The van der Waals surface area contributed by atoms with Crippen LogP contribution in [0.1, 0.15) is 33.7 Å². The summed E-state index contributed by atoms with van der Waals surface area (Å²) < 4.78 is 28.4. The van der Waals surface area contributed by atoms with Crippen LogP contribution < -0.4 is 5.32 Å². The minimum atomic E-state index is -0.936. The van der Waals surface area contributed by atoms with Crippen LogP contribution in [0.15, 0.2) is 42.5 Å². The van der Waals surface area contributed by atoms with E-state index in [-0.39, 0.29) is 5.91 Å². The number of carbonyl (C=O) groups excluding carboxylic acids is 1. The zero-order chi connectivity index (χ0) is 19.7. The number of nitrogens with one attached hydrogen (secondary N) is 1. The molecule has 0 bridgehead atoms. The second kappa shape index (κ2) is 7.72. The average Bonchev–Trinajstić information content (AvgIpc) is 3.28. The molecule has 4 rings (SSSR count). The van der Waals surface area contributed by atoms with Crippen molar-refractivity contribution in [3.63, 3.8) is 0 Å². The number of benzene rings is 2. The quantitative estimate of drug-likeness (QED) is 0.694. The molecule has 4 nitrogen and oxygen atoms in total. The number of nitrogens with zero attached hydrogens (tertiary/aromatic N) is 2. The highest BCUT2D eigenvalue weighted by Crippen LogP contribution is 2.28. The largest absolute Gasteiger partial charge is 0.350 e. The molecule has 0 fully saturated rings. The Kier molecular flexibility index (Phi) is 5.13. The van der Waals surface area contributed by atoms with E-state index in [4.69, 9.17) is 11.6 Å². The third kappa shape index (κ3) is 3.64. The summed E-state index contributed by atoms with van der Waals surface area (Å²) in [6.45, 7) is 0.466. The van der Waals surface area contributed by atoms with Gasteiger partial charge < -0.3 is 5.32 Å². The van der Waals surface area contributed by atoms with Crippen LogP contribution in [0.4, 0.5) is 8.78 Å². The molecule has 0 unspecified atom stereocenters. The zero-order valence-corrected chi connectivity index (χ0v) is 15.8. The third-order valence-electron chi connectivity index (χ3n) is 4.91. The molecule has 144 valence electrons. The first kappa shape index (κ1) is 18.6. The molecule has 2 aromatic carbocycles. The average molecular weight is 402 g/mol.